The summed E-state index contributed by atoms with van der Waals surface area (Å²) in [4.78, 5) is 0. The minimum absolute atomic E-state index is 0.313. The van der Waals surface area contributed by atoms with Crippen LogP contribution in [0, 0.1) is 5.82 Å². The van der Waals surface area contributed by atoms with E-state index in [1.54, 1.807) is 12.1 Å². The first kappa shape index (κ1) is 13.3. The Balaban J connectivity index is 1.88. The molecular formula is C15H10Cl2FNO. The molecule has 1 heterocycles. The lowest BCUT2D eigenvalue weighted by molar-refractivity contribution is 0.612. The highest BCUT2D eigenvalue weighted by atomic mass is 35.5. The van der Waals surface area contributed by atoms with E-state index in [1.807, 2.05) is 24.3 Å². The first-order valence-electron chi connectivity index (χ1n) is 6.00. The van der Waals surface area contributed by atoms with Crippen LogP contribution in [0.25, 0.3) is 11.0 Å². The predicted octanol–water partition coefficient (Wildman–Crippen LogP) is 5.49. The Kier molecular flexibility index (Phi) is 3.55. The van der Waals surface area contributed by atoms with Gasteiger partial charge in [-0.05, 0) is 35.9 Å². The number of fused-ring (bicyclic) bond motifs is 1. The number of rotatable bonds is 3. The summed E-state index contributed by atoms with van der Waals surface area (Å²) < 4.78 is 19.1. The van der Waals surface area contributed by atoms with Crippen molar-refractivity contribution in [2.75, 3.05) is 5.32 Å². The Morgan fingerprint density at radius 2 is 1.90 bits per heavy atom. The molecule has 0 spiro atoms. The van der Waals surface area contributed by atoms with E-state index in [0.717, 1.165) is 10.9 Å². The third-order valence-electron chi connectivity index (χ3n) is 3.04. The normalized spacial score (nSPS) is 10.9. The Morgan fingerprint density at radius 1 is 1.10 bits per heavy atom. The number of halogens is 3. The molecule has 3 aromatic rings. The van der Waals surface area contributed by atoms with Crippen molar-refractivity contribution in [2.24, 2.45) is 0 Å². The standard InChI is InChI=1S/C15H10Cl2FNO/c16-9-5-6-13(12(18)7-9)19-8-11-10-3-1-2-4-14(10)20-15(11)17/h1-7,19H,8H2. The molecule has 0 atom stereocenters. The van der Waals surface area contributed by atoms with Crippen molar-refractivity contribution >= 4 is 39.9 Å². The van der Waals surface area contributed by atoms with E-state index in [-0.39, 0.29) is 0 Å². The van der Waals surface area contributed by atoms with Gasteiger partial charge in [0.15, 0.2) is 5.22 Å². The van der Waals surface area contributed by atoms with E-state index in [0.29, 0.717) is 28.1 Å². The summed E-state index contributed by atoms with van der Waals surface area (Å²) in [6, 6.07) is 12.0. The number of benzene rings is 2. The van der Waals surface area contributed by atoms with Crippen molar-refractivity contribution in [2.45, 2.75) is 6.54 Å². The highest BCUT2D eigenvalue weighted by Gasteiger charge is 2.12. The van der Waals surface area contributed by atoms with Crippen LogP contribution in [-0.2, 0) is 6.54 Å². The first-order valence-corrected chi connectivity index (χ1v) is 6.75. The third kappa shape index (κ3) is 2.47. The molecule has 0 bridgehead atoms. The second-order valence-electron chi connectivity index (χ2n) is 4.33. The monoisotopic (exact) mass is 309 g/mol. The van der Waals surface area contributed by atoms with Gasteiger partial charge < -0.3 is 9.73 Å². The molecule has 20 heavy (non-hydrogen) atoms. The van der Waals surface area contributed by atoms with Gasteiger partial charge in [-0.1, -0.05) is 29.8 Å². The number of hydrogen-bond acceptors (Lipinski definition) is 2. The minimum Gasteiger partial charge on any atom is -0.444 e. The maximum absolute atomic E-state index is 13.7. The minimum atomic E-state index is -0.401. The van der Waals surface area contributed by atoms with Crippen LogP contribution >= 0.6 is 23.2 Å². The fourth-order valence-corrected chi connectivity index (χ4v) is 2.46. The van der Waals surface area contributed by atoms with Crippen molar-refractivity contribution in [3.8, 4) is 0 Å². The zero-order chi connectivity index (χ0) is 14.1. The zero-order valence-electron chi connectivity index (χ0n) is 10.3. The summed E-state index contributed by atoms with van der Waals surface area (Å²) >= 11 is 11.8. The zero-order valence-corrected chi connectivity index (χ0v) is 11.8. The maximum Gasteiger partial charge on any atom is 0.199 e. The van der Waals surface area contributed by atoms with Crippen LogP contribution in [0.2, 0.25) is 10.2 Å². The SMILES string of the molecule is Fc1cc(Cl)ccc1NCc1c(Cl)oc2ccccc12. The van der Waals surface area contributed by atoms with Crippen molar-refractivity contribution in [3.05, 3.63) is 64.1 Å². The van der Waals surface area contributed by atoms with Crippen molar-refractivity contribution in [1.29, 1.82) is 0 Å². The summed E-state index contributed by atoms with van der Waals surface area (Å²) in [5, 5.41) is 4.59. The Labute approximate surface area is 125 Å². The quantitative estimate of drug-likeness (QED) is 0.692. The van der Waals surface area contributed by atoms with Gasteiger partial charge in [-0.2, -0.15) is 0 Å². The van der Waals surface area contributed by atoms with E-state index in [1.165, 1.54) is 6.07 Å². The molecule has 0 saturated carbocycles. The van der Waals surface area contributed by atoms with Crippen LogP contribution in [0.15, 0.2) is 46.9 Å². The summed E-state index contributed by atoms with van der Waals surface area (Å²) in [5.41, 5.74) is 1.89. The molecule has 1 N–H and O–H groups in total. The summed E-state index contributed by atoms with van der Waals surface area (Å²) in [5.74, 6) is -0.401. The molecule has 5 heteroatoms. The fourth-order valence-electron chi connectivity index (χ4n) is 2.05. The molecule has 0 unspecified atom stereocenters. The maximum atomic E-state index is 13.7. The van der Waals surface area contributed by atoms with Gasteiger partial charge in [0, 0.05) is 22.5 Å². The Bertz CT molecular complexity index is 770. The van der Waals surface area contributed by atoms with Gasteiger partial charge in [0.25, 0.3) is 0 Å². The molecule has 2 aromatic carbocycles. The Morgan fingerprint density at radius 3 is 2.70 bits per heavy atom. The number of para-hydroxylation sites is 1. The molecule has 0 aliphatic carbocycles. The summed E-state index contributed by atoms with van der Waals surface area (Å²) in [7, 11) is 0. The van der Waals surface area contributed by atoms with Gasteiger partial charge in [0.05, 0.1) is 5.69 Å². The van der Waals surface area contributed by atoms with E-state index >= 15 is 0 Å². The van der Waals surface area contributed by atoms with Crippen molar-refractivity contribution < 1.29 is 8.81 Å². The van der Waals surface area contributed by atoms with Crippen LogP contribution in [-0.4, -0.2) is 0 Å². The molecule has 0 radical (unpaired) electrons. The van der Waals surface area contributed by atoms with Gasteiger partial charge in [-0.3, -0.25) is 0 Å². The van der Waals surface area contributed by atoms with Crippen molar-refractivity contribution in [1.82, 2.24) is 0 Å². The second-order valence-corrected chi connectivity index (χ2v) is 5.11. The van der Waals surface area contributed by atoms with Crippen LogP contribution in [0.4, 0.5) is 10.1 Å². The van der Waals surface area contributed by atoms with Crippen LogP contribution in [0.5, 0.6) is 0 Å². The molecule has 0 amide bonds. The van der Waals surface area contributed by atoms with Crippen LogP contribution in [0.1, 0.15) is 5.56 Å². The molecule has 102 valence electrons. The Hall–Kier alpha value is -1.71. The van der Waals surface area contributed by atoms with Gasteiger partial charge in [-0.15, -0.1) is 0 Å². The number of furan rings is 1. The van der Waals surface area contributed by atoms with E-state index in [2.05, 4.69) is 5.32 Å². The van der Waals surface area contributed by atoms with Gasteiger partial charge in [0.2, 0.25) is 0 Å². The van der Waals surface area contributed by atoms with E-state index < -0.39 is 5.82 Å². The molecule has 0 aliphatic heterocycles. The highest BCUT2D eigenvalue weighted by molar-refractivity contribution is 6.31. The molecule has 0 aliphatic rings. The van der Waals surface area contributed by atoms with Crippen LogP contribution < -0.4 is 5.32 Å². The molecule has 3 rings (SSSR count). The summed E-state index contributed by atoms with van der Waals surface area (Å²) in [6.07, 6.45) is 0. The van der Waals surface area contributed by atoms with E-state index in [9.17, 15) is 4.39 Å². The molecule has 2 nitrogen and oxygen atoms in total. The lowest BCUT2D eigenvalue weighted by Gasteiger charge is -2.07. The molecule has 0 saturated heterocycles. The van der Waals surface area contributed by atoms with Crippen molar-refractivity contribution in [3.63, 3.8) is 0 Å². The van der Waals surface area contributed by atoms with Gasteiger partial charge in [-0.25, -0.2) is 4.39 Å². The molecular weight excluding hydrogens is 300 g/mol. The van der Waals surface area contributed by atoms with E-state index in [4.69, 9.17) is 27.6 Å². The fraction of sp³-hybridized carbons (Fsp3) is 0.0667. The smallest absolute Gasteiger partial charge is 0.199 e. The third-order valence-corrected chi connectivity index (χ3v) is 3.58. The average molecular weight is 310 g/mol. The summed E-state index contributed by atoms with van der Waals surface area (Å²) in [6.45, 7) is 0.369. The first-order chi connectivity index (χ1) is 9.65. The van der Waals surface area contributed by atoms with Crippen LogP contribution in [0.3, 0.4) is 0 Å². The predicted molar refractivity (Wildman–Crippen MR) is 80.0 cm³/mol. The largest absolute Gasteiger partial charge is 0.444 e. The lowest BCUT2D eigenvalue weighted by atomic mass is 10.1. The van der Waals surface area contributed by atoms with Gasteiger partial charge in [0.1, 0.15) is 11.4 Å². The number of anilines is 1. The number of nitrogens with one attached hydrogen (secondary N) is 1. The molecule has 0 fully saturated rings. The van der Waals surface area contributed by atoms with Gasteiger partial charge >= 0.3 is 0 Å². The molecule has 1 aromatic heterocycles. The highest BCUT2D eigenvalue weighted by Crippen LogP contribution is 2.30. The lowest BCUT2D eigenvalue weighted by Crippen LogP contribution is -2.01. The topological polar surface area (TPSA) is 25.2 Å². The average Bonchev–Trinajstić information content (AvgIpc) is 2.74. The second kappa shape index (κ2) is 5.35. The number of hydrogen-bond donors (Lipinski definition) is 1.